The lowest BCUT2D eigenvalue weighted by atomic mass is 9.96. The van der Waals surface area contributed by atoms with Crippen molar-refractivity contribution in [3.05, 3.63) is 24.0 Å². The van der Waals surface area contributed by atoms with Gasteiger partial charge in [0.1, 0.15) is 0 Å². The Balaban J connectivity index is 1.75. The summed E-state index contributed by atoms with van der Waals surface area (Å²) < 4.78 is 0. The molecule has 132 valence electrons. The maximum atomic E-state index is 12.7. The minimum absolute atomic E-state index is 0.000235. The number of nitrogens with zero attached hydrogens (tertiary/aromatic N) is 3. The molecule has 2 heterocycles. The number of carbonyl (C=O) groups is 1. The summed E-state index contributed by atoms with van der Waals surface area (Å²) in [7, 11) is 1.99. The van der Waals surface area contributed by atoms with Crippen molar-refractivity contribution in [1.29, 1.82) is 0 Å². The second-order valence-corrected chi connectivity index (χ2v) is 6.91. The molecule has 1 aromatic heterocycles. The maximum Gasteiger partial charge on any atom is 0.317 e. The van der Waals surface area contributed by atoms with Crippen molar-refractivity contribution in [2.75, 3.05) is 25.1 Å². The molecular formula is C18H28N4O2. The van der Waals surface area contributed by atoms with E-state index in [0.717, 1.165) is 30.6 Å². The standard InChI is InChI=1S/C18H28N4O2/c1-21-15(13-23)9-11-22(12-16-17(21)8-5-10-19-16)18(24)20-14-6-3-2-4-7-14/h5,8,10,14-15,23H,2-4,6-7,9,11-13H2,1H3,(H,20,24)/t15-/m0/s1. The molecule has 0 aromatic carbocycles. The maximum absolute atomic E-state index is 12.7. The number of fused-ring (bicyclic) bond motifs is 1. The van der Waals surface area contributed by atoms with Crippen molar-refractivity contribution in [3.8, 4) is 0 Å². The van der Waals surface area contributed by atoms with Crippen LogP contribution in [-0.2, 0) is 6.54 Å². The van der Waals surface area contributed by atoms with Crippen LogP contribution in [0.4, 0.5) is 10.5 Å². The highest BCUT2D eigenvalue weighted by molar-refractivity contribution is 5.75. The van der Waals surface area contributed by atoms with Gasteiger partial charge in [-0.05, 0) is 31.4 Å². The van der Waals surface area contributed by atoms with Gasteiger partial charge in [0, 0.05) is 25.8 Å². The summed E-state index contributed by atoms with van der Waals surface area (Å²) in [6.07, 6.45) is 8.35. The van der Waals surface area contributed by atoms with Crippen LogP contribution in [0.5, 0.6) is 0 Å². The number of aliphatic hydroxyl groups excluding tert-OH is 1. The fourth-order valence-electron chi connectivity index (χ4n) is 3.73. The molecule has 2 N–H and O–H groups in total. The highest BCUT2D eigenvalue weighted by atomic mass is 16.3. The Morgan fingerprint density at radius 1 is 1.33 bits per heavy atom. The number of nitrogens with one attached hydrogen (secondary N) is 1. The van der Waals surface area contributed by atoms with Gasteiger partial charge < -0.3 is 20.2 Å². The lowest BCUT2D eigenvalue weighted by molar-refractivity contribution is 0.177. The average molecular weight is 332 g/mol. The molecule has 24 heavy (non-hydrogen) atoms. The molecular weight excluding hydrogens is 304 g/mol. The van der Waals surface area contributed by atoms with Gasteiger partial charge in [0.15, 0.2) is 0 Å². The molecule has 1 saturated carbocycles. The van der Waals surface area contributed by atoms with Gasteiger partial charge >= 0.3 is 6.03 Å². The monoisotopic (exact) mass is 332 g/mol. The van der Waals surface area contributed by atoms with E-state index in [1.807, 2.05) is 24.1 Å². The van der Waals surface area contributed by atoms with E-state index in [9.17, 15) is 9.90 Å². The molecule has 1 atom stereocenters. The van der Waals surface area contributed by atoms with Crippen LogP contribution in [-0.4, -0.2) is 53.3 Å². The number of hydrogen-bond donors (Lipinski definition) is 2. The molecule has 0 bridgehead atoms. The third-order valence-electron chi connectivity index (χ3n) is 5.30. The number of likely N-dealkylation sites (N-methyl/N-ethyl adjacent to an activating group) is 1. The molecule has 2 amide bonds. The zero-order valence-corrected chi connectivity index (χ0v) is 14.4. The van der Waals surface area contributed by atoms with Crippen molar-refractivity contribution in [1.82, 2.24) is 15.2 Å². The Morgan fingerprint density at radius 2 is 2.12 bits per heavy atom. The SMILES string of the molecule is CN1c2cccnc2CN(C(=O)NC2CCCCC2)CC[C@H]1CO. The highest BCUT2D eigenvalue weighted by Crippen LogP contribution is 2.25. The van der Waals surface area contributed by atoms with Crippen LogP contribution in [0.3, 0.4) is 0 Å². The van der Waals surface area contributed by atoms with E-state index in [-0.39, 0.29) is 18.7 Å². The lowest BCUT2D eigenvalue weighted by Gasteiger charge is -2.36. The Kier molecular flexibility index (Phi) is 5.56. The summed E-state index contributed by atoms with van der Waals surface area (Å²) in [5, 5.41) is 12.9. The van der Waals surface area contributed by atoms with E-state index in [2.05, 4.69) is 15.2 Å². The summed E-state index contributed by atoms with van der Waals surface area (Å²) in [6, 6.07) is 4.21. The first-order chi connectivity index (χ1) is 11.7. The van der Waals surface area contributed by atoms with E-state index in [4.69, 9.17) is 0 Å². The summed E-state index contributed by atoms with van der Waals surface area (Å²) in [4.78, 5) is 21.1. The molecule has 0 saturated heterocycles. The molecule has 0 spiro atoms. The Hall–Kier alpha value is -1.82. The number of rotatable bonds is 2. The van der Waals surface area contributed by atoms with E-state index in [1.54, 1.807) is 6.20 Å². The van der Waals surface area contributed by atoms with Crippen molar-refractivity contribution < 1.29 is 9.90 Å². The first-order valence-corrected chi connectivity index (χ1v) is 9.02. The minimum Gasteiger partial charge on any atom is -0.394 e. The fraction of sp³-hybridized carbons (Fsp3) is 0.667. The predicted molar refractivity (Wildman–Crippen MR) is 93.9 cm³/mol. The van der Waals surface area contributed by atoms with E-state index in [1.165, 1.54) is 19.3 Å². The summed E-state index contributed by atoms with van der Waals surface area (Å²) >= 11 is 0. The third kappa shape index (κ3) is 3.80. The first kappa shape index (κ1) is 17.0. The molecule has 1 aromatic rings. The van der Waals surface area contributed by atoms with Gasteiger partial charge in [0.05, 0.1) is 30.6 Å². The second-order valence-electron chi connectivity index (χ2n) is 6.91. The minimum atomic E-state index is -0.00164. The summed E-state index contributed by atoms with van der Waals surface area (Å²) in [5.74, 6) is 0. The van der Waals surface area contributed by atoms with Crippen LogP contribution in [0.1, 0.15) is 44.2 Å². The van der Waals surface area contributed by atoms with Crippen LogP contribution in [0.2, 0.25) is 0 Å². The zero-order chi connectivity index (χ0) is 16.9. The predicted octanol–water partition coefficient (Wildman–Crippen LogP) is 2.13. The Labute approximate surface area is 143 Å². The van der Waals surface area contributed by atoms with Gasteiger partial charge in [-0.15, -0.1) is 0 Å². The van der Waals surface area contributed by atoms with E-state index < -0.39 is 0 Å². The van der Waals surface area contributed by atoms with Gasteiger partial charge in [0.25, 0.3) is 0 Å². The van der Waals surface area contributed by atoms with Crippen LogP contribution in [0, 0.1) is 0 Å². The quantitative estimate of drug-likeness (QED) is 0.870. The van der Waals surface area contributed by atoms with Gasteiger partial charge in [-0.1, -0.05) is 19.3 Å². The third-order valence-corrected chi connectivity index (χ3v) is 5.30. The van der Waals surface area contributed by atoms with Crippen molar-refractivity contribution in [3.63, 3.8) is 0 Å². The number of aliphatic hydroxyl groups is 1. The largest absolute Gasteiger partial charge is 0.394 e. The molecule has 1 aliphatic heterocycles. The molecule has 3 rings (SSSR count). The number of hydrogen-bond acceptors (Lipinski definition) is 4. The number of anilines is 1. The molecule has 1 fully saturated rings. The normalized spacial score (nSPS) is 22.5. The van der Waals surface area contributed by atoms with Crippen LogP contribution in [0.25, 0.3) is 0 Å². The number of urea groups is 1. The summed E-state index contributed by atoms with van der Waals surface area (Å²) in [5.41, 5.74) is 1.88. The second kappa shape index (κ2) is 7.83. The Bertz CT molecular complexity index is 560. The number of pyridine rings is 1. The zero-order valence-electron chi connectivity index (χ0n) is 14.4. The van der Waals surface area contributed by atoms with Gasteiger partial charge in [-0.25, -0.2) is 4.79 Å². The smallest absolute Gasteiger partial charge is 0.317 e. The summed E-state index contributed by atoms with van der Waals surface area (Å²) in [6.45, 7) is 1.21. The number of carbonyl (C=O) groups excluding carboxylic acids is 1. The van der Waals surface area contributed by atoms with Crippen molar-refractivity contribution in [2.45, 2.75) is 57.2 Å². The topological polar surface area (TPSA) is 68.7 Å². The van der Waals surface area contributed by atoms with Crippen LogP contribution < -0.4 is 10.2 Å². The molecule has 1 aliphatic carbocycles. The van der Waals surface area contributed by atoms with Gasteiger partial charge in [-0.3, -0.25) is 4.98 Å². The highest BCUT2D eigenvalue weighted by Gasteiger charge is 2.27. The molecule has 2 aliphatic rings. The fourth-order valence-corrected chi connectivity index (χ4v) is 3.73. The molecule has 6 heteroatoms. The first-order valence-electron chi connectivity index (χ1n) is 9.02. The van der Waals surface area contributed by atoms with Crippen LogP contribution >= 0.6 is 0 Å². The number of aromatic nitrogens is 1. The number of amides is 2. The lowest BCUT2D eigenvalue weighted by Crippen LogP contribution is -2.48. The molecule has 0 radical (unpaired) electrons. The van der Waals surface area contributed by atoms with Crippen LogP contribution in [0.15, 0.2) is 18.3 Å². The van der Waals surface area contributed by atoms with Crippen molar-refractivity contribution >= 4 is 11.7 Å². The molecule has 0 unspecified atom stereocenters. The molecule has 6 nitrogen and oxygen atoms in total. The van der Waals surface area contributed by atoms with E-state index in [0.29, 0.717) is 19.1 Å². The van der Waals surface area contributed by atoms with Gasteiger partial charge in [0.2, 0.25) is 0 Å². The van der Waals surface area contributed by atoms with E-state index >= 15 is 0 Å². The van der Waals surface area contributed by atoms with Gasteiger partial charge in [-0.2, -0.15) is 0 Å². The Morgan fingerprint density at radius 3 is 2.88 bits per heavy atom. The van der Waals surface area contributed by atoms with Crippen molar-refractivity contribution in [2.24, 2.45) is 0 Å². The average Bonchev–Trinajstić information content (AvgIpc) is 2.60.